The average Bonchev–Trinajstić information content (AvgIpc) is 2.44. The molecule has 0 aliphatic rings. The Morgan fingerprint density at radius 3 is 2.65 bits per heavy atom. The van der Waals surface area contributed by atoms with Crippen molar-refractivity contribution in [3.05, 3.63) is 29.6 Å². The van der Waals surface area contributed by atoms with Crippen molar-refractivity contribution < 1.29 is 18.7 Å². The highest BCUT2D eigenvalue weighted by Gasteiger charge is 2.13. The summed E-state index contributed by atoms with van der Waals surface area (Å²) in [6.07, 6.45) is 0.317. The molecule has 5 nitrogen and oxygen atoms in total. The second-order valence-electron chi connectivity index (χ2n) is 4.43. The van der Waals surface area contributed by atoms with Crippen LogP contribution in [0.1, 0.15) is 16.8 Å². The number of ketones is 1. The lowest BCUT2D eigenvalue weighted by Crippen LogP contribution is -2.30. The molecule has 0 saturated heterocycles. The van der Waals surface area contributed by atoms with E-state index in [1.54, 1.807) is 19.0 Å². The van der Waals surface area contributed by atoms with Crippen LogP contribution in [-0.2, 0) is 4.79 Å². The number of likely N-dealkylation sites (N-methyl/N-ethyl adjacent to an activating group) is 1. The van der Waals surface area contributed by atoms with Gasteiger partial charge >= 0.3 is 0 Å². The molecular weight excluding hydrogens is 263 g/mol. The van der Waals surface area contributed by atoms with Gasteiger partial charge in [0.15, 0.2) is 17.3 Å². The van der Waals surface area contributed by atoms with E-state index in [1.165, 1.54) is 19.2 Å². The van der Waals surface area contributed by atoms with Gasteiger partial charge in [-0.3, -0.25) is 14.5 Å². The number of nitrogens with one attached hydrogen (secondary N) is 1. The molecule has 0 bridgehead atoms. The minimum absolute atomic E-state index is 0.0835. The SMILES string of the molecule is CNC(=O)CCN(C)CC(=O)c1ccc(OC)c(F)c1. The Labute approximate surface area is 117 Å². The van der Waals surface area contributed by atoms with Gasteiger partial charge in [0.2, 0.25) is 5.91 Å². The fourth-order valence-corrected chi connectivity index (χ4v) is 1.67. The zero-order chi connectivity index (χ0) is 15.1. The third-order valence-electron chi connectivity index (χ3n) is 2.89. The number of carbonyl (C=O) groups is 2. The summed E-state index contributed by atoms with van der Waals surface area (Å²) in [5.41, 5.74) is 0.287. The predicted molar refractivity (Wildman–Crippen MR) is 73.5 cm³/mol. The van der Waals surface area contributed by atoms with Gasteiger partial charge in [0.05, 0.1) is 13.7 Å². The molecule has 0 aliphatic carbocycles. The molecule has 0 aromatic heterocycles. The summed E-state index contributed by atoms with van der Waals surface area (Å²) in [6.45, 7) is 0.590. The number of benzene rings is 1. The summed E-state index contributed by atoms with van der Waals surface area (Å²) in [7, 11) is 4.67. The first-order valence-electron chi connectivity index (χ1n) is 6.23. The van der Waals surface area contributed by atoms with Crippen LogP contribution in [0.3, 0.4) is 0 Å². The van der Waals surface area contributed by atoms with Crippen molar-refractivity contribution in [2.45, 2.75) is 6.42 Å². The molecule has 110 valence electrons. The lowest BCUT2D eigenvalue weighted by Gasteiger charge is -2.15. The first-order chi connectivity index (χ1) is 9.47. The predicted octanol–water partition coefficient (Wildman–Crippen LogP) is 1.08. The second-order valence-corrected chi connectivity index (χ2v) is 4.43. The van der Waals surface area contributed by atoms with Crippen LogP contribution in [0, 0.1) is 5.82 Å². The average molecular weight is 282 g/mol. The van der Waals surface area contributed by atoms with E-state index in [4.69, 9.17) is 4.74 Å². The number of amides is 1. The number of hydrogen-bond acceptors (Lipinski definition) is 4. The number of halogens is 1. The molecule has 0 radical (unpaired) electrons. The van der Waals surface area contributed by atoms with Gasteiger partial charge in [-0.1, -0.05) is 0 Å². The Kier molecular flexibility index (Phi) is 6.11. The molecule has 1 aromatic rings. The lowest BCUT2D eigenvalue weighted by molar-refractivity contribution is -0.120. The second kappa shape index (κ2) is 7.59. The molecule has 0 saturated carbocycles. The van der Waals surface area contributed by atoms with Crippen molar-refractivity contribution in [2.24, 2.45) is 0 Å². The molecule has 0 spiro atoms. The molecule has 0 atom stereocenters. The summed E-state index contributed by atoms with van der Waals surface area (Å²) < 4.78 is 18.3. The molecular formula is C14H19FN2O3. The topological polar surface area (TPSA) is 58.6 Å². The Bertz CT molecular complexity index is 491. The maximum absolute atomic E-state index is 13.5. The van der Waals surface area contributed by atoms with Crippen molar-refractivity contribution in [3.8, 4) is 5.75 Å². The normalized spacial score (nSPS) is 10.4. The highest BCUT2D eigenvalue weighted by atomic mass is 19.1. The summed E-state index contributed by atoms with van der Waals surface area (Å²) in [6, 6.07) is 4.11. The molecule has 20 heavy (non-hydrogen) atoms. The number of nitrogens with zero attached hydrogens (tertiary/aromatic N) is 1. The van der Waals surface area contributed by atoms with Gasteiger partial charge in [-0.2, -0.15) is 0 Å². The molecule has 6 heteroatoms. The van der Waals surface area contributed by atoms with E-state index >= 15 is 0 Å². The standard InChI is InChI=1S/C14H19FN2O3/c1-16-14(19)6-7-17(2)9-12(18)10-4-5-13(20-3)11(15)8-10/h4-5,8H,6-7,9H2,1-3H3,(H,16,19). The summed E-state index contributed by atoms with van der Waals surface area (Å²) in [5.74, 6) is -0.744. The molecule has 1 amide bonds. The minimum Gasteiger partial charge on any atom is -0.494 e. The lowest BCUT2D eigenvalue weighted by atomic mass is 10.1. The molecule has 1 aromatic carbocycles. The van der Waals surface area contributed by atoms with Crippen LogP contribution in [0.15, 0.2) is 18.2 Å². The Balaban J connectivity index is 2.58. The zero-order valence-corrected chi connectivity index (χ0v) is 11.9. The van der Waals surface area contributed by atoms with Gasteiger partial charge in [-0.05, 0) is 25.2 Å². The molecule has 0 aliphatic heterocycles. The molecule has 1 rings (SSSR count). The quantitative estimate of drug-likeness (QED) is 0.760. The third kappa shape index (κ3) is 4.62. The fourth-order valence-electron chi connectivity index (χ4n) is 1.67. The smallest absolute Gasteiger partial charge is 0.221 e. The van der Waals surface area contributed by atoms with Crippen LogP contribution in [0.4, 0.5) is 4.39 Å². The number of methoxy groups -OCH3 is 1. The first kappa shape index (κ1) is 16.1. The summed E-state index contributed by atoms with van der Waals surface area (Å²) >= 11 is 0. The van der Waals surface area contributed by atoms with Gasteiger partial charge in [0, 0.05) is 25.6 Å². The van der Waals surface area contributed by atoms with Gasteiger partial charge in [-0.15, -0.1) is 0 Å². The third-order valence-corrected chi connectivity index (χ3v) is 2.89. The van der Waals surface area contributed by atoms with E-state index in [0.717, 1.165) is 6.07 Å². The van der Waals surface area contributed by atoms with Gasteiger partial charge in [0.25, 0.3) is 0 Å². The number of rotatable bonds is 7. The molecule has 1 N–H and O–H groups in total. The van der Waals surface area contributed by atoms with Crippen molar-refractivity contribution >= 4 is 11.7 Å². The van der Waals surface area contributed by atoms with Gasteiger partial charge in [0.1, 0.15) is 0 Å². The monoisotopic (exact) mass is 282 g/mol. The number of ether oxygens (including phenoxy) is 1. The maximum Gasteiger partial charge on any atom is 0.221 e. The van der Waals surface area contributed by atoms with E-state index in [-0.39, 0.29) is 29.5 Å². The molecule has 0 heterocycles. The Morgan fingerprint density at radius 2 is 2.10 bits per heavy atom. The van der Waals surface area contributed by atoms with Gasteiger partial charge in [-0.25, -0.2) is 4.39 Å². The summed E-state index contributed by atoms with van der Waals surface area (Å²) in [5, 5.41) is 2.51. The van der Waals surface area contributed by atoms with Crippen LogP contribution in [0.2, 0.25) is 0 Å². The molecule has 0 fully saturated rings. The number of Topliss-reactive ketones (excluding diaryl/α,β-unsaturated/α-hetero) is 1. The highest BCUT2D eigenvalue weighted by molar-refractivity contribution is 5.97. The van der Waals surface area contributed by atoms with Crippen molar-refractivity contribution in [2.75, 3.05) is 34.3 Å². The number of carbonyl (C=O) groups excluding carboxylic acids is 2. The molecule has 0 unspecified atom stereocenters. The van der Waals surface area contributed by atoms with E-state index < -0.39 is 5.82 Å². The van der Waals surface area contributed by atoms with E-state index in [9.17, 15) is 14.0 Å². The fraction of sp³-hybridized carbons (Fsp3) is 0.429. The van der Waals surface area contributed by atoms with E-state index in [0.29, 0.717) is 13.0 Å². The van der Waals surface area contributed by atoms with Gasteiger partial charge < -0.3 is 10.1 Å². The summed E-state index contributed by atoms with van der Waals surface area (Å²) in [4.78, 5) is 24.8. The van der Waals surface area contributed by atoms with E-state index in [1.807, 2.05) is 0 Å². The zero-order valence-electron chi connectivity index (χ0n) is 11.9. The maximum atomic E-state index is 13.5. The van der Waals surface area contributed by atoms with Crippen LogP contribution < -0.4 is 10.1 Å². The van der Waals surface area contributed by atoms with E-state index in [2.05, 4.69) is 5.32 Å². The van der Waals surface area contributed by atoms with Crippen molar-refractivity contribution in [1.29, 1.82) is 0 Å². The Hall–Kier alpha value is -1.95. The van der Waals surface area contributed by atoms with Crippen molar-refractivity contribution in [1.82, 2.24) is 10.2 Å². The van der Waals surface area contributed by atoms with Crippen molar-refractivity contribution in [3.63, 3.8) is 0 Å². The highest BCUT2D eigenvalue weighted by Crippen LogP contribution is 2.18. The first-order valence-corrected chi connectivity index (χ1v) is 6.23. The Morgan fingerprint density at radius 1 is 1.40 bits per heavy atom. The van der Waals surface area contributed by atoms with Crippen LogP contribution in [0.5, 0.6) is 5.75 Å². The number of hydrogen-bond donors (Lipinski definition) is 1. The minimum atomic E-state index is -0.564. The van der Waals surface area contributed by atoms with Crippen LogP contribution >= 0.6 is 0 Å². The van der Waals surface area contributed by atoms with Crippen LogP contribution in [-0.4, -0.2) is 50.9 Å². The van der Waals surface area contributed by atoms with Crippen LogP contribution in [0.25, 0.3) is 0 Å². The largest absolute Gasteiger partial charge is 0.494 e.